The van der Waals surface area contributed by atoms with Gasteiger partial charge in [0, 0.05) is 37.9 Å². The van der Waals surface area contributed by atoms with Crippen molar-refractivity contribution in [2.75, 3.05) is 32.0 Å². The SMILES string of the molecule is CN(C(=O)Cc1ccc(Cl)c(Cl)c1)[C@H](CN1CCC(O)C1)c1cccc(NC(=O)C2(N(C(=O)O)C(C)(C)C)CC2)c1. The van der Waals surface area contributed by atoms with Crippen molar-refractivity contribution in [3.05, 3.63) is 63.6 Å². The van der Waals surface area contributed by atoms with E-state index in [0.29, 0.717) is 54.6 Å². The molecule has 4 rings (SSSR count). The van der Waals surface area contributed by atoms with Gasteiger partial charge in [0.25, 0.3) is 5.91 Å². The molecule has 1 saturated heterocycles. The first-order valence-corrected chi connectivity index (χ1v) is 14.5. The Morgan fingerprint density at radius 3 is 2.39 bits per heavy atom. The van der Waals surface area contributed by atoms with E-state index in [0.717, 1.165) is 11.1 Å². The molecule has 1 heterocycles. The largest absolute Gasteiger partial charge is 0.465 e. The summed E-state index contributed by atoms with van der Waals surface area (Å²) in [6, 6.07) is 12.1. The number of nitrogens with zero attached hydrogens (tertiary/aromatic N) is 3. The minimum atomic E-state index is -1.13. The molecule has 3 amide bonds. The number of likely N-dealkylation sites (tertiary alicyclic amines) is 1. The van der Waals surface area contributed by atoms with Crippen molar-refractivity contribution in [3.8, 4) is 0 Å². The van der Waals surface area contributed by atoms with Crippen LogP contribution >= 0.6 is 23.2 Å². The number of likely N-dealkylation sites (N-methyl/N-ethyl adjacent to an activating group) is 1. The van der Waals surface area contributed by atoms with Crippen molar-refractivity contribution in [2.45, 2.75) is 69.7 Å². The first kappa shape index (κ1) is 31.1. The number of hydrogen-bond donors (Lipinski definition) is 3. The number of hydrogen-bond acceptors (Lipinski definition) is 5. The molecule has 1 aliphatic heterocycles. The summed E-state index contributed by atoms with van der Waals surface area (Å²) >= 11 is 12.2. The molecule has 0 radical (unpaired) electrons. The van der Waals surface area contributed by atoms with Crippen LogP contribution in [0.3, 0.4) is 0 Å². The number of aliphatic hydroxyl groups is 1. The lowest BCUT2D eigenvalue weighted by Gasteiger charge is -2.39. The topological polar surface area (TPSA) is 113 Å². The Kier molecular flexibility index (Phi) is 9.23. The van der Waals surface area contributed by atoms with Gasteiger partial charge in [-0.3, -0.25) is 19.4 Å². The smallest absolute Gasteiger partial charge is 0.408 e. The van der Waals surface area contributed by atoms with Crippen LogP contribution < -0.4 is 5.32 Å². The molecular formula is C30H38Cl2N4O5. The number of benzene rings is 2. The second kappa shape index (κ2) is 12.2. The normalized spacial score (nSPS) is 19.0. The van der Waals surface area contributed by atoms with E-state index >= 15 is 0 Å². The molecule has 2 aromatic rings. The van der Waals surface area contributed by atoms with E-state index < -0.39 is 23.3 Å². The van der Waals surface area contributed by atoms with E-state index in [-0.39, 0.29) is 24.3 Å². The van der Waals surface area contributed by atoms with Crippen LogP contribution in [0.2, 0.25) is 10.0 Å². The first-order valence-electron chi connectivity index (χ1n) is 13.8. The second-order valence-corrected chi connectivity index (χ2v) is 12.9. The molecule has 0 bridgehead atoms. The van der Waals surface area contributed by atoms with Gasteiger partial charge >= 0.3 is 6.09 Å². The van der Waals surface area contributed by atoms with Crippen LogP contribution in [0, 0.1) is 0 Å². The number of β-amino-alcohol motifs (C(OH)–C–C–N with tert-alkyl or cyclic N) is 1. The lowest BCUT2D eigenvalue weighted by Crippen LogP contribution is -2.57. The van der Waals surface area contributed by atoms with Crippen molar-refractivity contribution >= 4 is 46.8 Å². The number of amides is 3. The fourth-order valence-corrected chi connectivity index (χ4v) is 5.97. The van der Waals surface area contributed by atoms with Crippen molar-refractivity contribution in [1.29, 1.82) is 0 Å². The molecule has 1 aliphatic carbocycles. The Morgan fingerprint density at radius 2 is 1.83 bits per heavy atom. The van der Waals surface area contributed by atoms with Gasteiger partial charge in [-0.15, -0.1) is 0 Å². The summed E-state index contributed by atoms with van der Waals surface area (Å²) < 4.78 is 0. The number of rotatable bonds is 9. The summed E-state index contributed by atoms with van der Waals surface area (Å²) in [4.78, 5) is 44.0. The number of carboxylic acid groups (broad SMARTS) is 1. The predicted molar refractivity (Wildman–Crippen MR) is 159 cm³/mol. The van der Waals surface area contributed by atoms with Gasteiger partial charge in [-0.2, -0.15) is 0 Å². The molecule has 222 valence electrons. The molecule has 11 heteroatoms. The summed E-state index contributed by atoms with van der Waals surface area (Å²) in [7, 11) is 1.75. The number of carbonyl (C=O) groups is 3. The highest BCUT2D eigenvalue weighted by atomic mass is 35.5. The van der Waals surface area contributed by atoms with Crippen LogP contribution in [0.5, 0.6) is 0 Å². The predicted octanol–water partition coefficient (Wildman–Crippen LogP) is 5.05. The monoisotopic (exact) mass is 604 g/mol. The number of anilines is 1. The fourth-order valence-electron chi connectivity index (χ4n) is 5.65. The van der Waals surface area contributed by atoms with Crippen molar-refractivity contribution in [3.63, 3.8) is 0 Å². The molecule has 1 unspecified atom stereocenters. The van der Waals surface area contributed by atoms with Gasteiger partial charge in [0.1, 0.15) is 5.54 Å². The van der Waals surface area contributed by atoms with Crippen LogP contribution in [-0.2, 0) is 16.0 Å². The summed E-state index contributed by atoms with van der Waals surface area (Å²) in [6.45, 7) is 7.06. The summed E-state index contributed by atoms with van der Waals surface area (Å²) in [5, 5.41) is 23.7. The van der Waals surface area contributed by atoms with Gasteiger partial charge in [0.2, 0.25) is 5.91 Å². The Balaban J connectivity index is 1.57. The number of carbonyl (C=O) groups excluding carboxylic acids is 2. The van der Waals surface area contributed by atoms with E-state index in [1.54, 1.807) is 57.0 Å². The molecule has 2 fully saturated rings. The molecule has 2 aliphatic rings. The van der Waals surface area contributed by atoms with E-state index in [4.69, 9.17) is 23.2 Å². The fraction of sp³-hybridized carbons (Fsp3) is 0.500. The van der Waals surface area contributed by atoms with Crippen LogP contribution in [0.25, 0.3) is 0 Å². The van der Waals surface area contributed by atoms with Gasteiger partial charge in [-0.25, -0.2) is 4.79 Å². The van der Waals surface area contributed by atoms with Crippen LogP contribution in [0.1, 0.15) is 57.2 Å². The van der Waals surface area contributed by atoms with E-state index in [2.05, 4.69) is 10.2 Å². The molecular weight excluding hydrogens is 567 g/mol. The number of nitrogens with one attached hydrogen (secondary N) is 1. The zero-order valence-electron chi connectivity index (χ0n) is 23.9. The Bertz CT molecular complexity index is 1310. The maximum absolute atomic E-state index is 13.4. The molecule has 41 heavy (non-hydrogen) atoms. The molecule has 0 aromatic heterocycles. The highest BCUT2D eigenvalue weighted by Gasteiger charge is 2.59. The average molecular weight is 606 g/mol. The standard InChI is InChI=1S/C30H38Cl2N4O5/c1-29(2,3)36(28(40)41)30(11-12-30)27(39)33-21-7-5-6-20(16-21)25(18-35-13-10-22(37)17-35)34(4)26(38)15-19-8-9-23(31)24(32)14-19/h5-9,14,16,22,25,37H,10-13,15,17-18H2,1-4H3,(H,33,39)(H,40,41)/t22?,25-/m1/s1. The summed E-state index contributed by atoms with van der Waals surface area (Å²) in [6.07, 6.45) is 0.160. The highest BCUT2D eigenvalue weighted by Crippen LogP contribution is 2.46. The average Bonchev–Trinajstić information content (AvgIpc) is 3.56. The first-order chi connectivity index (χ1) is 19.2. The Morgan fingerprint density at radius 1 is 1.12 bits per heavy atom. The van der Waals surface area contributed by atoms with Crippen molar-refractivity contribution < 1.29 is 24.6 Å². The summed E-state index contributed by atoms with van der Waals surface area (Å²) in [5.74, 6) is -0.489. The summed E-state index contributed by atoms with van der Waals surface area (Å²) in [5.41, 5.74) is 0.214. The van der Waals surface area contributed by atoms with Crippen LogP contribution in [0.4, 0.5) is 10.5 Å². The minimum Gasteiger partial charge on any atom is -0.465 e. The van der Waals surface area contributed by atoms with Crippen LogP contribution in [0.15, 0.2) is 42.5 Å². The molecule has 2 aromatic carbocycles. The molecule has 9 nitrogen and oxygen atoms in total. The number of aliphatic hydroxyl groups excluding tert-OH is 1. The Hall–Kier alpha value is -2.85. The number of halogens is 2. The van der Waals surface area contributed by atoms with Gasteiger partial charge in [0.05, 0.1) is 28.6 Å². The third-order valence-electron chi connectivity index (χ3n) is 7.84. The van der Waals surface area contributed by atoms with Crippen molar-refractivity contribution in [1.82, 2.24) is 14.7 Å². The maximum atomic E-state index is 13.4. The van der Waals surface area contributed by atoms with Gasteiger partial charge in [-0.05, 0) is 75.4 Å². The molecule has 0 spiro atoms. The third kappa shape index (κ3) is 7.15. The molecule has 2 atom stereocenters. The minimum absolute atomic E-state index is 0.123. The lowest BCUT2D eigenvalue weighted by molar-refractivity contribution is -0.131. The third-order valence-corrected chi connectivity index (χ3v) is 8.58. The zero-order valence-corrected chi connectivity index (χ0v) is 25.4. The van der Waals surface area contributed by atoms with Gasteiger partial charge in [-0.1, -0.05) is 41.4 Å². The van der Waals surface area contributed by atoms with E-state index in [9.17, 15) is 24.6 Å². The lowest BCUT2D eigenvalue weighted by atomic mass is 10.0. The highest BCUT2D eigenvalue weighted by molar-refractivity contribution is 6.42. The zero-order chi connectivity index (χ0) is 30.1. The molecule has 3 N–H and O–H groups in total. The van der Waals surface area contributed by atoms with Crippen molar-refractivity contribution in [2.24, 2.45) is 0 Å². The quantitative estimate of drug-likeness (QED) is 0.369. The van der Waals surface area contributed by atoms with Gasteiger partial charge in [0.15, 0.2) is 0 Å². The molecule has 1 saturated carbocycles. The van der Waals surface area contributed by atoms with E-state index in [1.165, 1.54) is 4.90 Å². The maximum Gasteiger partial charge on any atom is 0.408 e. The second-order valence-electron chi connectivity index (χ2n) is 12.0. The van der Waals surface area contributed by atoms with Gasteiger partial charge < -0.3 is 20.4 Å². The van der Waals surface area contributed by atoms with E-state index in [1.807, 2.05) is 18.2 Å². The van der Waals surface area contributed by atoms with Crippen LogP contribution in [-0.4, -0.2) is 86.7 Å². The Labute approximate surface area is 251 Å².